The van der Waals surface area contributed by atoms with E-state index in [0.717, 1.165) is 19.4 Å². The smallest absolute Gasteiger partial charge is 0.387 e. The van der Waals surface area contributed by atoms with Crippen molar-refractivity contribution >= 4 is 29.9 Å². The zero-order valence-electron chi connectivity index (χ0n) is 13.8. The number of guanidine groups is 1. The highest BCUT2D eigenvalue weighted by Crippen LogP contribution is 2.21. The fourth-order valence-electron chi connectivity index (χ4n) is 2.01. The largest absolute Gasteiger partial charge is 0.435 e. The van der Waals surface area contributed by atoms with Gasteiger partial charge in [0, 0.05) is 6.54 Å². The number of aliphatic imine (C=N–C) groups is 1. The molecule has 1 aromatic carbocycles. The molecule has 24 heavy (non-hydrogen) atoms. The van der Waals surface area contributed by atoms with Crippen molar-refractivity contribution in [2.24, 2.45) is 10.7 Å². The molecule has 0 radical (unpaired) electrons. The van der Waals surface area contributed by atoms with Gasteiger partial charge in [-0.2, -0.15) is 8.78 Å². The summed E-state index contributed by atoms with van der Waals surface area (Å²) < 4.78 is 28.6. The predicted octanol–water partition coefficient (Wildman–Crippen LogP) is 3.42. The summed E-state index contributed by atoms with van der Waals surface area (Å²) in [6.45, 7) is 0.0362. The summed E-state index contributed by atoms with van der Waals surface area (Å²) in [5.41, 5.74) is 6.16. The van der Waals surface area contributed by atoms with Crippen molar-refractivity contribution in [2.45, 2.75) is 45.3 Å². The molecule has 138 valence electrons. The first-order valence-electron chi connectivity index (χ1n) is 7.79. The number of hydrogen-bond acceptors (Lipinski definition) is 3. The molecule has 0 fully saturated rings. The number of nitrogens with two attached hydrogens (primary N) is 1. The maximum absolute atomic E-state index is 12.2. The molecule has 0 saturated carbocycles. The van der Waals surface area contributed by atoms with Crippen LogP contribution in [0.5, 0.6) is 5.75 Å². The predicted molar refractivity (Wildman–Crippen MR) is 102 cm³/mol. The van der Waals surface area contributed by atoms with Gasteiger partial charge in [0.25, 0.3) is 0 Å². The van der Waals surface area contributed by atoms with E-state index in [1.165, 1.54) is 31.0 Å². The van der Waals surface area contributed by atoms with Crippen molar-refractivity contribution in [3.05, 3.63) is 29.8 Å². The van der Waals surface area contributed by atoms with Gasteiger partial charge in [0.1, 0.15) is 5.75 Å². The first-order chi connectivity index (χ1) is 11.0. The van der Waals surface area contributed by atoms with Gasteiger partial charge in [-0.1, -0.05) is 38.3 Å². The summed E-state index contributed by atoms with van der Waals surface area (Å²) in [7, 11) is 0. The van der Waals surface area contributed by atoms with Crippen molar-refractivity contribution in [3.63, 3.8) is 0 Å². The normalized spacial score (nSPS) is 12.6. The summed E-state index contributed by atoms with van der Waals surface area (Å²) >= 11 is 0. The molecule has 1 rings (SSSR count). The van der Waals surface area contributed by atoms with E-state index in [4.69, 9.17) is 5.73 Å². The Balaban J connectivity index is 0.00000529. The number of nitrogens with one attached hydrogen (secondary N) is 1. The van der Waals surface area contributed by atoms with Gasteiger partial charge in [-0.15, -0.1) is 24.0 Å². The van der Waals surface area contributed by atoms with Gasteiger partial charge in [-0.25, -0.2) is 0 Å². The molecule has 1 unspecified atom stereocenters. The van der Waals surface area contributed by atoms with Crippen molar-refractivity contribution in [1.29, 1.82) is 0 Å². The van der Waals surface area contributed by atoms with Gasteiger partial charge in [0.05, 0.1) is 12.6 Å². The molecule has 0 saturated heterocycles. The van der Waals surface area contributed by atoms with E-state index < -0.39 is 12.7 Å². The van der Waals surface area contributed by atoms with Crippen LogP contribution in [0, 0.1) is 0 Å². The minimum Gasteiger partial charge on any atom is -0.435 e. The van der Waals surface area contributed by atoms with Crippen LogP contribution in [0.25, 0.3) is 0 Å². The van der Waals surface area contributed by atoms with E-state index in [-0.39, 0.29) is 42.2 Å². The first kappa shape index (κ1) is 22.8. The zero-order valence-corrected chi connectivity index (χ0v) is 16.1. The van der Waals surface area contributed by atoms with Crippen molar-refractivity contribution in [1.82, 2.24) is 5.32 Å². The van der Waals surface area contributed by atoms with E-state index in [9.17, 15) is 13.9 Å². The molecular weight excluding hydrogens is 431 g/mol. The molecule has 0 amide bonds. The third kappa shape index (κ3) is 9.86. The lowest BCUT2D eigenvalue weighted by Crippen LogP contribution is -2.32. The minimum absolute atomic E-state index is 0. The number of aliphatic hydroxyl groups is 1. The van der Waals surface area contributed by atoms with E-state index in [0.29, 0.717) is 5.56 Å². The van der Waals surface area contributed by atoms with E-state index in [2.05, 4.69) is 22.0 Å². The molecule has 1 aromatic rings. The summed E-state index contributed by atoms with van der Waals surface area (Å²) in [6.07, 6.45) is 3.57. The molecule has 0 aliphatic carbocycles. The minimum atomic E-state index is -2.90. The summed E-state index contributed by atoms with van der Waals surface area (Å²) in [5.74, 6) is 0.267. The Bertz CT molecular complexity index is 490. The molecule has 5 nitrogen and oxygen atoms in total. The SMILES string of the molecule is CCCCCCNC(N)=NCC(O)c1cccc(OC(F)F)c1.I. The maximum atomic E-state index is 12.2. The molecule has 0 bridgehead atoms. The highest BCUT2D eigenvalue weighted by Gasteiger charge is 2.10. The van der Waals surface area contributed by atoms with Crippen LogP contribution in [0.3, 0.4) is 0 Å². The van der Waals surface area contributed by atoms with Crippen LogP contribution in [0.4, 0.5) is 8.78 Å². The highest BCUT2D eigenvalue weighted by molar-refractivity contribution is 14.0. The Kier molecular flexibility index (Phi) is 12.5. The Morgan fingerprint density at radius 2 is 2.08 bits per heavy atom. The molecule has 0 heterocycles. The molecule has 0 aliphatic heterocycles. The Morgan fingerprint density at radius 1 is 1.33 bits per heavy atom. The van der Waals surface area contributed by atoms with Crippen molar-refractivity contribution in [3.8, 4) is 5.75 Å². The quantitative estimate of drug-likeness (QED) is 0.218. The second-order valence-electron chi connectivity index (χ2n) is 5.18. The Hall–Kier alpha value is -1.16. The number of unbranched alkanes of at least 4 members (excludes halogenated alkanes) is 3. The molecular formula is C16H26F2IN3O2. The summed E-state index contributed by atoms with van der Waals surface area (Å²) in [6, 6.07) is 5.92. The van der Waals surface area contributed by atoms with Crippen LogP contribution in [-0.4, -0.2) is 30.8 Å². The fourth-order valence-corrected chi connectivity index (χ4v) is 2.01. The Morgan fingerprint density at radius 3 is 2.75 bits per heavy atom. The van der Waals surface area contributed by atoms with E-state index in [1.807, 2.05) is 0 Å². The molecule has 0 spiro atoms. The standard InChI is InChI=1S/C16H25F2N3O2.HI/c1-2-3-4-5-9-20-16(19)21-11-14(22)12-7-6-8-13(10-12)23-15(17)18;/h6-8,10,14-15,22H,2-5,9,11H2,1H3,(H3,19,20,21);1H. The molecule has 4 N–H and O–H groups in total. The lowest BCUT2D eigenvalue weighted by molar-refractivity contribution is -0.0499. The highest BCUT2D eigenvalue weighted by atomic mass is 127. The Labute approximate surface area is 158 Å². The monoisotopic (exact) mass is 457 g/mol. The van der Waals surface area contributed by atoms with Crippen LogP contribution in [0.2, 0.25) is 0 Å². The lowest BCUT2D eigenvalue weighted by atomic mass is 10.1. The molecule has 1 atom stereocenters. The fraction of sp³-hybridized carbons (Fsp3) is 0.562. The van der Waals surface area contributed by atoms with Gasteiger partial charge in [-0.3, -0.25) is 4.99 Å². The summed E-state index contributed by atoms with van der Waals surface area (Å²) in [5, 5.41) is 13.0. The van der Waals surface area contributed by atoms with Gasteiger partial charge in [0.2, 0.25) is 0 Å². The van der Waals surface area contributed by atoms with Gasteiger partial charge >= 0.3 is 6.61 Å². The number of rotatable bonds is 10. The topological polar surface area (TPSA) is 79.9 Å². The molecule has 8 heteroatoms. The van der Waals surface area contributed by atoms with Crippen LogP contribution >= 0.6 is 24.0 Å². The summed E-state index contributed by atoms with van der Waals surface area (Å²) in [4.78, 5) is 4.05. The number of alkyl halides is 2. The van der Waals surface area contributed by atoms with Gasteiger partial charge in [0.15, 0.2) is 5.96 Å². The lowest BCUT2D eigenvalue weighted by Gasteiger charge is -2.11. The molecule has 0 aromatic heterocycles. The second-order valence-corrected chi connectivity index (χ2v) is 5.18. The number of hydrogen-bond donors (Lipinski definition) is 3. The second kappa shape index (κ2) is 13.2. The number of ether oxygens (including phenoxy) is 1. The molecule has 0 aliphatic rings. The third-order valence-electron chi connectivity index (χ3n) is 3.24. The van der Waals surface area contributed by atoms with Crippen LogP contribution in [0.15, 0.2) is 29.3 Å². The van der Waals surface area contributed by atoms with Crippen LogP contribution in [-0.2, 0) is 0 Å². The van der Waals surface area contributed by atoms with E-state index in [1.54, 1.807) is 6.07 Å². The number of nitrogens with zero attached hydrogens (tertiary/aromatic N) is 1. The third-order valence-corrected chi connectivity index (χ3v) is 3.24. The average Bonchev–Trinajstić information content (AvgIpc) is 2.52. The first-order valence-corrected chi connectivity index (χ1v) is 7.79. The number of benzene rings is 1. The van der Waals surface area contributed by atoms with Crippen molar-refractivity contribution in [2.75, 3.05) is 13.1 Å². The van der Waals surface area contributed by atoms with Gasteiger partial charge in [-0.05, 0) is 24.1 Å². The van der Waals surface area contributed by atoms with Gasteiger partial charge < -0.3 is 20.9 Å². The number of aliphatic hydroxyl groups excluding tert-OH is 1. The zero-order chi connectivity index (χ0) is 17.1. The maximum Gasteiger partial charge on any atom is 0.387 e. The van der Waals surface area contributed by atoms with Crippen LogP contribution in [0.1, 0.15) is 44.3 Å². The number of halogens is 3. The van der Waals surface area contributed by atoms with Crippen LogP contribution < -0.4 is 15.8 Å². The van der Waals surface area contributed by atoms with E-state index >= 15 is 0 Å². The van der Waals surface area contributed by atoms with Crippen molar-refractivity contribution < 1.29 is 18.6 Å². The average molecular weight is 457 g/mol.